The van der Waals surface area contributed by atoms with Gasteiger partial charge in [0, 0.05) is 42.1 Å². The number of nitrogens with one attached hydrogen (secondary N) is 2. The van der Waals surface area contributed by atoms with E-state index in [1.54, 1.807) is 13.0 Å². The monoisotopic (exact) mass is 567 g/mol. The van der Waals surface area contributed by atoms with E-state index in [9.17, 15) is 14.4 Å². The van der Waals surface area contributed by atoms with Crippen LogP contribution >= 0.6 is 22.9 Å². The molecule has 0 spiro atoms. The molecule has 4 rings (SSSR count). The Balaban J connectivity index is 1.58. The molecule has 0 saturated heterocycles. The highest BCUT2D eigenvalue weighted by molar-refractivity contribution is 7.18. The number of carbonyl (C=O) groups is 3. The molecule has 0 bridgehead atoms. The maximum absolute atomic E-state index is 13.7. The summed E-state index contributed by atoms with van der Waals surface area (Å²) in [6, 6.07) is 14.0. The lowest BCUT2D eigenvalue weighted by atomic mass is 9.90. The summed E-state index contributed by atoms with van der Waals surface area (Å²) in [5.41, 5.74) is 8.14. The Morgan fingerprint density at radius 3 is 2.64 bits per heavy atom. The van der Waals surface area contributed by atoms with Gasteiger partial charge in [-0.25, -0.2) is 4.98 Å². The summed E-state index contributed by atoms with van der Waals surface area (Å²) in [6.45, 7) is 2.54. The Kier molecular flexibility index (Phi) is 9.72. The number of amides is 3. The van der Waals surface area contributed by atoms with Crippen molar-refractivity contribution in [2.24, 2.45) is 5.73 Å². The van der Waals surface area contributed by atoms with Crippen LogP contribution in [0.3, 0.4) is 0 Å². The highest BCUT2D eigenvalue weighted by atomic mass is 35.5. The first-order chi connectivity index (χ1) is 18.7. The highest BCUT2D eigenvalue weighted by Crippen LogP contribution is 2.26. The first-order valence-electron chi connectivity index (χ1n) is 13.1. The van der Waals surface area contributed by atoms with Crippen molar-refractivity contribution in [3.63, 3.8) is 0 Å². The number of hydrogen-bond acceptors (Lipinski definition) is 6. The number of nitrogens with zero attached hydrogens (tertiary/aromatic N) is 2. The van der Waals surface area contributed by atoms with E-state index < -0.39 is 11.9 Å². The van der Waals surface area contributed by atoms with Crippen molar-refractivity contribution in [3.8, 4) is 0 Å². The van der Waals surface area contributed by atoms with Crippen LogP contribution in [-0.4, -0.2) is 59.3 Å². The molecule has 2 aromatic carbocycles. The number of primary amides is 1. The number of aromatic nitrogens is 1. The van der Waals surface area contributed by atoms with E-state index in [-0.39, 0.29) is 36.7 Å². The Labute approximate surface area is 237 Å². The molecule has 3 amide bonds. The van der Waals surface area contributed by atoms with Crippen LogP contribution in [0.2, 0.25) is 5.02 Å². The Hall–Kier alpha value is -3.27. The van der Waals surface area contributed by atoms with Crippen LogP contribution in [0, 0.1) is 0 Å². The number of nitrogens with two attached hydrogens (primary N) is 1. The van der Waals surface area contributed by atoms with Gasteiger partial charge in [0.15, 0.2) is 0 Å². The van der Waals surface area contributed by atoms with E-state index in [1.807, 2.05) is 55.6 Å². The van der Waals surface area contributed by atoms with E-state index in [2.05, 4.69) is 20.5 Å². The lowest BCUT2D eigenvalue weighted by Gasteiger charge is -2.35. The van der Waals surface area contributed by atoms with Gasteiger partial charge < -0.3 is 16.4 Å². The summed E-state index contributed by atoms with van der Waals surface area (Å²) >= 11 is 7.59. The summed E-state index contributed by atoms with van der Waals surface area (Å²) < 4.78 is 0.923. The van der Waals surface area contributed by atoms with Crippen LogP contribution in [0.1, 0.15) is 36.8 Å². The van der Waals surface area contributed by atoms with Crippen molar-refractivity contribution in [2.45, 2.75) is 57.2 Å². The molecule has 0 saturated carbocycles. The predicted octanol–water partition coefficient (Wildman–Crippen LogP) is 3.62. The van der Waals surface area contributed by atoms with Crippen molar-refractivity contribution in [3.05, 3.63) is 75.8 Å². The quantitative estimate of drug-likeness (QED) is 0.327. The van der Waals surface area contributed by atoms with E-state index in [0.29, 0.717) is 23.4 Å². The van der Waals surface area contributed by atoms with E-state index >= 15 is 0 Å². The van der Waals surface area contributed by atoms with Crippen LogP contribution in [0.4, 0.5) is 0 Å². The molecule has 0 fully saturated rings. The van der Waals surface area contributed by atoms with Crippen molar-refractivity contribution < 1.29 is 14.4 Å². The molecular formula is C29H34ClN5O3S. The number of thiazole rings is 1. The van der Waals surface area contributed by atoms with Crippen LogP contribution in [0.5, 0.6) is 0 Å². The van der Waals surface area contributed by atoms with Gasteiger partial charge in [-0.1, -0.05) is 54.9 Å². The van der Waals surface area contributed by atoms with Gasteiger partial charge in [0.25, 0.3) is 0 Å². The Bertz CT molecular complexity index is 1360. The largest absolute Gasteiger partial charge is 0.366 e. The number of hydrogen-bond donors (Lipinski definition) is 3. The summed E-state index contributed by atoms with van der Waals surface area (Å²) in [5.74, 6) is -0.955. The smallest absolute Gasteiger partial charge is 0.245 e. The van der Waals surface area contributed by atoms with Gasteiger partial charge >= 0.3 is 0 Å². The number of likely N-dealkylation sites (N-methyl/N-ethyl adjacent to an activating group) is 1. The van der Waals surface area contributed by atoms with Gasteiger partial charge in [-0.15, -0.1) is 11.3 Å². The molecule has 1 unspecified atom stereocenters. The minimum absolute atomic E-state index is 0.218. The Morgan fingerprint density at radius 1 is 1.15 bits per heavy atom. The topological polar surface area (TPSA) is 117 Å². The molecule has 0 radical (unpaired) electrons. The van der Waals surface area contributed by atoms with Crippen molar-refractivity contribution in [1.29, 1.82) is 0 Å². The third kappa shape index (κ3) is 7.65. The SMILES string of the molecule is CCC(=O)N[C@@H](Cc1nc2ccc(Cl)cc2s1)C(=O)N[C@@H](Cc1ccccc1)CC1C(C(N)=O)=CCCN1C. The average molecular weight is 568 g/mol. The zero-order valence-electron chi connectivity index (χ0n) is 22.2. The molecule has 8 nitrogen and oxygen atoms in total. The molecule has 4 N–H and O–H groups in total. The fraction of sp³-hybridized carbons (Fsp3) is 0.379. The minimum atomic E-state index is -0.804. The van der Waals surface area contributed by atoms with Crippen LogP contribution in [0.15, 0.2) is 60.2 Å². The van der Waals surface area contributed by atoms with Crippen LogP contribution in [-0.2, 0) is 27.2 Å². The van der Waals surface area contributed by atoms with Gasteiger partial charge in [0.2, 0.25) is 17.7 Å². The number of halogens is 1. The summed E-state index contributed by atoms with van der Waals surface area (Å²) in [5, 5.41) is 7.40. The van der Waals surface area contributed by atoms with Gasteiger partial charge in [0.05, 0.1) is 15.2 Å². The molecule has 2 heterocycles. The van der Waals surface area contributed by atoms with Crippen molar-refractivity contribution in [1.82, 2.24) is 20.5 Å². The summed E-state index contributed by atoms with van der Waals surface area (Å²) in [6.07, 6.45) is 4.23. The number of fused-ring (bicyclic) bond motifs is 1. The lowest BCUT2D eigenvalue weighted by Crippen LogP contribution is -2.53. The number of benzene rings is 2. The van der Waals surface area contributed by atoms with Gasteiger partial charge in [-0.3, -0.25) is 19.3 Å². The first kappa shape index (κ1) is 28.7. The molecule has 3 aromatic rings. The molecular weight excluding hydrogens is 534 g/mol. The van der Waals surface area contributed by atoms with E-state index in [1.165, 1.54) is 11.3 Å². The second-order valence-corrected chi connectivity index (χ2v) is 11.4. The fourth-order valence-corrected chi connectivity index (χ4v) is 6.19. The molecule has 1 aromatic heterocycles. The zero-order valence-corrected chi connectivity index (χ0v) is 23.7. The van der Waals surface area contributed by atoms with Gasteiger partial charge in [-0.2, -0.15) is 0 Å². The molecule has 1 aliphatic rings. The first-order valence-corrected chi connectivity index (χ1v) is 14.3. The second kappa shape index (κ2) is 13.2. The average Bonchev–Trinajstić information content (AvgIpc) is 3.31. The molecule has 0 aliphatic carbocycles. The fourth-order valence-electron chi connectivity index (χ4n) is 4.90. The standard InChI is InChI=1S/C29H34ClN5O3S/c1-3-26(36)33-23(17-27-34-22-12-11-19(30)15-25(22)39-27)29(38)32-20(14-18-8-5-4-6-9-18)16-24-21(28(31)37)10-7-13-35(24)2/h4-6,8-12,15,20,23-24H,3,7,13-14,16-17H2,1-2H3,(H2,31,37)(H,32,38)(H,33,36)/t20-,23-,24?/m0/s1. The van der Waals surface area contributed by atoms with Crippen molar-refractivity contribution >= 4 is 50.9 Å². The second-order valence-electron chi connectivity index (χ2n) is 9.84. The van der Waals surface area contributed by atoms with Crippen LogP contribution < -0.4 is 16.4 Å². The molecule has 10 heteroatoms. The predicted molar refractivity (Wildman–Crippen MR) is 156 cm³/mol. The van der Waals surface area contributed by atoms with Crippen molar-refractivity contribution in [2.75, 3.05) is 13.6 Å². The third-order valence-electron chi connectivity index (χ3n) is 6.95. The molecule has 206 valence electrons. The summed E-state index contributed by atoms with van der Waals surface area (Å²) in [4.78, 5) is 45.1. The molecule has 39 heavy (non-hydrogen) atoms. The number of carbonyl (C=O) groups excluding carboxylic acids is 3. The zero-order chi connectivity index (χ0) is 27.9. The maximum atomic E-state index is 13.7. The highest BCUT2D eigenvalue weighted by Gasteiger charge is 2.31. The maximum Gasteiger partial charge on any atom is 0.245 e. The van der Waals surface area contributed by atoms with Gasteiger partial charge in [0.1, 0.15) is 6.04 Å². The number of rotatable bonds is 11. The lowest BCUT2D eigenvalue weighted by molar-refractivity contribution is -0.129. The van der Waals surface area contributed by atoms with Crippen LogP contribution in [0.25, 0.3) is 10.2 Å². The molecule has 1 aliphatic heterocycles. The van der Waals surface area contributed by atoms with Gasteiger partial charge in [-0.05, 0) is 50.1 Å². The third-order valence-corrected chi connectivity index (χ3v) is 8.22. The minimum Gasteiger partial charge on any atom is -0.366 e. The summed E-state index contributed by atoms with van der Waals surface area (Å²) in [7, 11) is 1.96. The Morgan fingerprint density at radius 2 is 1.92 bits per heavy atom. The van der Waals surface area contributed by atoms with E-state index in [0.717, 1.165) is 33.8 Å². The van der Waals surface area contributed by atoms with E-state index in [4.69, 9.17) is 17.3 Å². The normalized spacial score (nSPS) is 17.3. The molecule has 3 atom stereocenters.